The summed E-state index contributed by atoms with van der Waals surface area (Å²) in [6.45, 7) is 9.86. The van der Waals surface area contributed by atoms with Crippen LogP contribution in [0.3, 0.4) is 0 Å². The molecule has 0 saturated heterocycles. The van der Waals surface area contributed by atoms with Crippen molar-refractivity contribution in [3.63, 3.8) is 0 Å². The molecule has 0 spiro atoms. The second-order valence-corrected chi connectivity index (χ2v) is 10.0. The molecule has 0 aromatic heterocycles. The molecule has 0 saturated carbocycles. The van der Waals surface area contributed by atoms with Crippen LogP contribution in [-0.2, 0) is 19.1 Å². The van der Waals surface area contributed by atoms with E-state index in [-0.39, 0.29) is 0 Å². The van der Waals surface area contributed by atoms with Gasteiger partial charge in [0.25, 0.3) is 5.91 Å². The molecule has 0 aliphatic rings. The SMILES string of the molecule is Cc1ccccc1NC(=O)C(c1c(C)cccc1C)N(CC#N)C(=O)C(CC(N)=O)NC(=O)OC(C)(C)C. The molecule has 10 nitrogen and oxygen atoms in total. The fraction of sp³-hybridized carbons (Fsp3) is 0.393. The van der Waals surface area contributed by atoms with Crippen LogP contribution in [-0.4, -0.2) is 46.9 Å². The first-order chi connectivity index (χ1) is 17.7. The Balaban J connectivity index is 2.60. The van der Waals surface area contributed by atoms with Gasteiger partial charge in [0, 0.05) is 5.69 Å². The molecule has 2 rings (SSSR count). The molecule has 0 aliphatic carbocycles. The highest BCUT2D eigenvalue weighted by Gasteiger charge is 2.38. The molecule has 2 unspecified atom stereocenters. The molecule has 0 bridgehead atoms. The summed E-state index contributed by atoms with van der Waals surface area (Å²) in [6, 6.07) is 11.8. The number of para-hydroxylation sites is 1. The van der Waals surface area contributed by atoms with E-state index >= 15 is 0 Å². The van der Waals surface area contributed by atoms with Crippen molar-refractivity contribution in [1.82, 2.24) is 10.2 Å². The zero-order chi connectivity index (χ0) is 28.6. The maximum Gasteiger partial charge on any atom is 0.408 e. The van der Waals surface area contributed by atoms with Gasteiger partial charge in [-0.05, 0) is 69.9 Å². The van der Waals surface area contributed by atoms with Crippen molar-refractivity contribution in [1.29, 1.82) is 5.26 Å². The molecule has 0 radical (unpaired) electrons. The summed E-state index contributed by atoms with van der Waals surface area (Å²) in [5, 5.41) is 14.9. The first-order valence-corrected chi connectivity index (χ1v) is 12.1. The van der Waals surface area contributed by atoms with Crippen LogP contribution in [0.25, 0.3) is 0 Å². The molecule has 2 atom stereocenters. The van der Waals surface area contributed by atoms with Crippen molar-refractivity contribution in [2.24, 2.45) is 5.73 Å². The Kier molecular flexibility index (Phi) is 9.99. The molecule has 10 heteroatoms. The van der Waals surface area contributed by atoms with E-state index in [9.17, 15) is 24.4 Å². The summed E-state index contributed by atoms with van der Waals surface area (Å²) in [6.07, 6.45) is -1.50. The van der Waals surface area contributed by atoms with Crippen LogP contribution >= 0.6 is 0 Å². The lowest BCUT2D eigenvalue weighted by atomic mass is 9.93. The minimum absolute atomic E-state index is 0.496. The quantitative estimate of drug-likeness (QED) is 0.430. The first kappa shape index (κ1) is 29.8. The largest absolute Gasteiger partial charge is 0.444 e. The van der Waals surface area contributed by atoms with Gasteiger partial charge in [-0.3, -0.25) is 14.4 Å². The predicted molar refractivity (Wildman–Crippen MR) is 143 cm³/mol. The minimum atomic E-state index is -1.46. The van der Waals surface area contributed by atoms with E-state index in [1.54, 1.807) is 58.9 Å². The average molecular weight is 522 g/mol. The summed E-state index contributed by atoms with van der Waals surface area (Å²) in [5.74, 6) is -2.25. The van der Waals surface area contributed by atoms with Crippen molar-refractivity contribution in [2.75, 3.05) is 11.9 Å². The highest BCUT2D eigenvalue weighted by molar-refractivity contribution is 6.00. The van der Waals surface area contributed by atoms with Crippen LogP contribution in [0.2, 0.25) is 0 Å². The summed E-state index contributed by atoms with van der Waals surface area (Å²) in [4.78, 5) is 53.1. The highest BCUT2D eigenvalue weighted by atomic mass is 16.6. The fourth-order valence-electron chi connectivity index (χ4n) is 4.03. The molecule has 4 amide bonds. The first-order valence-electron chi connectivity index (χ1n) is 12.1. The standard InChI is InChI=1S/C28H35N5O5/c1-17-10-7-8-13-20(17)31-25(35)24(23-18(2)11-9-12-19(23)3)33(15-14-29)26(36)21(16-22(30)34)32-27(37)38-28(4,5)6/h7-13,21,24H,15-16H2,1-6H3,(H2,30,34)(H,31,35)(H,32,37). The molecular weight excluding hydrogens is 486 g/mol. The number of carbonyl (C=O) groups is 4. The fourth-order valence-corrected chi connectivity index (χ4v) is 4.03. The molecule has 0 aliphatic heterocycles. The van der Waals surface area contributed by atoms with Gasteiger partial charge in [-0.25, -0.2) is 4.79 Å². The number of nitrogens with one attached hydrogen (secondary N) is 2. The van der Waals surface area contributed by atoms with Gasteiger partial charge in [-0.1, -0.05) is 36.4 Å². The number of hydrogen-bond acceptors (Lipinski definition) is 6. The van der Waals surface area contributed by atoms with Crippen LogP contribution in [0.5, 0.6) is 0 Å². The number of rotatable bonds is 9. The molecular formula is C28H35N5O5. The summed E-state index contributed by atoms with van der Waals surface area (Å²) in [7, 11) is 0. The maximum atomic E-state index is 13.8. The predicted octanol–water partition coefficient (Wildman–Crippen LogP) is 3.41. The summed E-state index contributed by atoms with van der Waals surface area (Å²) in [5.41, 5.74) is 7.81. The van der Waals surface area contributed by atoms with Crippen LogP contribution in [0, 0.1) is 32.1 Å². The molecule has 2 aromatic carbocycles. The number of hydrogen-bond donors (Lipinski definition) is 3. The zero-order valence-corrected chi connectivity index (χ0v) is 22.6. The van der Waals surface area contributed by atoms with E-state index in [0.717, 1.165) is 21.6 Å². The van der Waals surface area contributed by atoms with Gasteiger partial charge in [-0.2, -0.15) is 5.26 Å². The van der Waals surface area contributed by atoms with E-state index in [2.05, 4.69) is 10.6 Å². The third-order valence-corrected chi connectivity index (χ3v) is 5.70. The van der Waals surface area contributed by atoms with Crippen LogP contribution in [0.15, 0.2) is 42.5 Å². The Bertz CT molecular complexity index is 1220. The molecule has 38 heavy (non-hydrogen) atoms. The Morgan fingerprint density at radius 2 is 1.58 bits per heavy atom. The van der Waals surface area contributed by atoms with Crippen molar-refractivity contribution in [2.45, 2.75) is 65.6 Å². The number of nitriles is 1. The van der Waals surface area contributed by atoms with Gasteiger partial charge >= 0.3 is 6.09 Å². The van der Waals surface area contributed by atoms with Gasteiger partial charge in [0.05, 0.1) is 12.5 Å². The van der Waals surface area contributed by atoms with E-state index in [1.807, 2.05) is 31.2 Å². The minimum Gasteiger partial charge on any atom is -0.444 e. The number of nitrogens with zero attached hydrogens (tertiary/aromatic N) is 2. The molecule has 2 aromatic rings. The number of primary amides is 1. The van der Waals surface area contributed by atoms with Crippen LogP contribution < -0.4 is 16.4 Å². The number of aryl methyl sites for hydroxylation is 3. The summed E-state index contributed by atoms with van der Waals surface area (Å²) < 4.78 is 5.25. The Morgan fingerprint density at radius 1 is 1.00 bits per heavy atom. The second-order valence-electron chi connectivity index (χ2n) is 10.0. The van der Waals surface area contributed by atoms with Crippen molar-refractivity contribution >= 4 is 29.5 Å². The average Bonchev–Trinajstić information content (AvgIpc) is 2.79. The lowest BCUT2D eigenvalue weighted by Gasteiger charge is -2.34. The van der Waals surface area contributed by atoms with E-state index in [1.165, 1.54) is 0 Å². The Morgan fingerprint density at radius 3 is 2.11 bits per heavy atom. The van der Waals surface area contributed by atoms with Gasteiger partial charge in [0.1, 0.15) is 24.2 Å². The van der Waals surface area contributed by atoms with Crippen molar-refractivity contribution in [3.8, 4) is 6.07 Å². The van der Waals surface area contributed by atoms with E-state index in [4.69, 9.17) is 10.5 Å². The maximum absolute atomic E-state index is 13.8. The topological polar surface area (TPSA) is 155 Å². The number of carbonyl (C=O) groups excluding carboxylic acids is 4. The number of nitrogens with two attached hydrogens (primary N) is 1. The van der Waals surface area contributed by atoms with Gasteiger partial charge < -0.3 is 26.0 Å². The van der Waals surface area contributed by atoms with Gasteiger partial charge in [0.15, 0.2) is 0 Å². The van der Waals surface area contributed by atoms with Crippen molar-refractivity contribution < 1.29 is 23.9 Å². The molecule has 202 valence electrons. The number of alkyl carbamates (subject to hydrolysis) is 1. The molecule has 4 N–H and O–H groups in total. The normalized spacial score (nSPS) is 12.4. The lowest BCUT2D eigenvalue weighted by Crippen LogP contribution is -2.53. The number of amides is 4. The van der Waals surface area contributed by atoms with Gasteiger partial charge in [-0.15, -0.1) is 0 Å². The van der Waals surface area contributed by atoms with Gasteiger partial charge in [0.2, 0.25) is 11.8 Å². The summed E-state index contributed by atoms with van der Waals surface area (Å²) >= 11 is 0. The van der Waals surface area contributed by atoms with Crippen LogP contribution in [0.4, 0.5) is 10.5 Å². The highest BCUT2D eigenvalue weighted by Crippen LogP contribution is 2.30. The Labute approximate surface area is 223 Å². The lowest BCUT2D eigenvalue weighted by molar-refractivity contribution is -0.141. The third kappa shape index (κ3) is 8.06. The Hall–Kier alpha value is -4.39. The monoisotopic (exact) mass is 521 g/mol. The number of ether oxygens (including phenoxy) is 1. The van der Waals surface area contributed by atoms with E-state index in [0.29, 0.717) is 11.3 Å². The second kappa shape index (κ2) is 12.7. The molecule has 0 heterocycles. The zero-order valence-electron chi connectivity index (χ0n) is 22.6. The number of benzene rings is 2. The van der Waals surface area contributed by atoms with Crippen LogP contribution in [0.1, 0.15) is 55.5 Å². The molecule has 0 fully saturated rings. The number of anilines is 1. The van der Waals surface area contributed by atoms with E-state index < -0.39 is 54.5 Å². The smallest absolute Gasteiger partial charge is 0.408 e. The van der Waals surface area contributed by atoms with Crippen molar-refractivity contribution in [3.05, 3.63) is 64.7 Å². The third-order valence-electron chi connectivity index (χ3n) is 5.70.